The molecule has 0 bridgehead atoms. The average Bonchev–Trinajstić information content (AvgIpc) is 3.32. The number of fused-ring (bicyclic) bond motifs is 1. The van der Waals surface area contributed by atoms with E-state index in [1.807, 2.05) is 0 Å². The fraction of sp³-hybridized carbons (Fsp3) is 0.588. The van der Waals surface area contributed by atoms with E-state index in [1.165, 1.54) is 112 Å². The summed E-state index contributed by atoms with van der Waals surface area (Å²) < 4.78 is 0. The van der Waals surface area contributed by atoms with Gasteiger partial charge in [-0.15, -0.1) is 0 Å². The molecule has 1 fully saturated rings. The van der Waals surface area contributed by atoms with Crippen LogP contribution < -0.4 is 0 Å². The van der Waals surface area contributed by atoms with Crippen molar-refractivity contribution in [2.45, 2.75) is 109 Å². The SMILES string of the molecule is C=C(CCCCCCC/C=C\C/C=C\CCCCC)Cc1cccc2[nH]cc(C3CCN(C)CC3)c12. The molecule has 0 aliphatic carbocycles. The Morgan fingerprint density at radius 1 is 0.944 bits per heavy atom. The molecule has 0 spiro atoms. The first-order chi connectivity index (χ1) is 17.7. The second-order valence-electron chi connectivity index (χ2n) is 11.1. The van der Waals surface area contributed by atoms with Crippen LogP contribution >= 0.6 is 0 Å². The summed E-state index contributed by atoms with van der Waals surface area (Å²) in [6.07, 6.45) is 30.6. The van der Waals surface area contributed by atoms with Crippen molar-refractivity contribution in [2.75, 3.05) is 20.1 Å². The van der Waals surface area contributed by atoms with Crippen molar-refractivity contribution in [1.82, 2.24) is 9.88 Å². The Morgan fingerprint density at radius 3 is 2.39 bits per heavy atom. The number of H-pyrrole nitrogens is 1. The third-order valence-corrected chi connectivity index (χ3v) is 7.90. The van der Waals surface area contributed by atoms with E-state index >= 15 is 0 Å². The highest BCUT2D eigenvalue weighted by Gasteiger charge is 2.22. The number of rotatable bonds is 17. The van der Waals surface area contributed by atoms with Gasteiger partial charge in [-0.3, -0.25) is 0 Å². The minimum Gasteiger partial charge on any atom is -0.361 e. The lowest BCUT2D eigenvalue weighted by Gasteiger charge is -2.29. The van der Waals surface area contributed by atoms with Crippen molar-refractivity contribution in [3.8, 4) is 0 Å². The lowest BCUT2D eigenvalue weighted by molar-refractivity contribution is 0.256. The molecule has 1 aromatic carbocycles. The number of benzene rings is 1. The molecular formula is C34H52N2. The molecule has 0 unspecified atom stereocenters. The predicted molar refractivity (Wildman–Crippen MR) is 160 cm³/mol. The molecule has 1 N–H and O–H groups in total. The molecule has 1 saturated heterocycles. The second-order valence-corrected chi connectivity index (χ2v) is 11.1. The van der Waals surface area contributed by atoms with Crippen LogP contribution in [0.15, 0.2) is 60.9 Å². The van der Waals surface area contributed by atoms with Crippen LogP contribution in [0, 0.1) is 0 Å². The molecule has 0 amide bonds. The van der Waals surface area contributed by atoms with Crippen molar-refractivity contribution < 1.29 is 0 Å². The van der Waals surface area contributed by atoms with Crippen molar-refractivity contribution in [3.63, 3.8) is 0 Å². The van der Waals surface area contributed by atoms with Crippen LogP contribution in [-0.2, 0) is 6.42 Å². The van der Waals surface area contributed by atoms with E-state index in [1.54, 1.807) is 5.56 Å². The molecule has 2 heterocycles. The van der Waals surface area contributed by atoms with Gasteiger partial charge in [0.25, 0.3) is 0 Å². The minimum absolute atomic E-state index is 0.686. The normalized spacial score (nSPS) is 15.6. The van der Waals surface area contributed by atoms with E-state index < -0.39 is 0 Å². The molecule has 1 aliphatic heterocycles. The Bertz CT molecular complexity index is 939. The summed E-state index contributed by atoms with van der Waals surface area (Å²) in [5, 5.41) is 1.48. The summed E-state index contributed by atoms with van der Waals surface area (Å²) in [5.74, 6) is 0.686. The standard InChI is InChI=1S/C34H52N2/c1-4-5-6-7-8-9-10-11-12-13-14-15-16-17-18-20-29(2)27-31-21-19-22-33-34(31)32(28-35-33)30-23-25-36(3)26-24-30/h8-9,11-12,19,21-22,28,30,35H,2,4-7,10,13-18,20,23-27H2,1,3H3/b9-8-,12-11-. The molecule has 2 heteroatoms. The van der Waals surface area contributed by atoms with Crippen LogP contribution in [0.3, 0.4) is 0 Å². The van der Waals surface area contributed by atoms with E-state index in [4.69, 9.17) is 0 Å². The van der Waals surface area contributed by atoms with Crippen molar-refractivity contribution in [3.05, 3.63) is 72.0 Å². The first-order valence-corrected chi connectivity index (χ1v) is 14.9. The van der Waals surface area contributed by atoms with Crippen molar-refractivity contribution in [1.29, 1.82) is 0 Å². The van der Waals surface area contributed by atoms with E-state index in [0.717, 1.165) is 19.3 Å². The summed E-state index contributed by atoms with van der Waals surface area (Å²) in [6.45, 7) is 9.14. The van der Waals surface area contributed by atoms with Gasteiger partial charge < -0.3 is 9.88 Å². The van der Waals surface area contributed by atoms with Crippen LogP contribution in [0.25, 0.3) is 10.9 Å². The highest BCUT2D eigenvalue weighted by atomic mass is 15.1. The molecule has 36 heavy (non-hydrogen) atoms. The maximum atomic E-state index is 4.47. The lowest BCUT2D eigenvalue weighted by Crippen LogP contribution is -2.29. The average molecular weight is 489 g/mol. The van der Waals surface area contributed by atoms with Gasteiger partial charge in [0, 0.05) is 17.1 Å². The predicted octanol–water partition coefficient (Wildman–Crippen LogP) is 9.89. The monoisotopic (exact) mass is 488 g/mol. The molecule has 0 radical (unpaired) electrons. The maximum absolute atomic E-state index is 4.47. The Hall–Kier alpha value is -2.06. The molecular weight excluding hydrogens is 436 g/mol. The zero-order valence-corrected chi connectivity index (χ0v) is 23.4. The number of nitrogens with one attached hydrogen (secondary N) is 1. The maximum Gasteiger partial charge on any atom is 0.0459 e. The Labute approximate surface area is 221 Å². The van der Waals surface area contributed by atoms with Crippen molar-refractivity contribution in [2.24, 2.45) is 0 Å². The number of allylic oxidation sites excluding steroid dienone is 5. The second kappa shape index (κ2) is 16.6. The quantitative estimate of drug-likeness (QED) is 0.173. The topological polar surface area (TPSA) is 19.0 Å². The number of likely N-dealkylation sites (tertiary alicyclic amines) is 1. The van der Waals surface area contributed by atoms with E-state index in [0.29, 0.717) is 5.92 Å². The van der Waals surface area contributed by atoms with Crippen LogP contribution in [0.2, 0.25) is 0 Å². The molecule has 198 valence electrons. The molecule has 1 aliphatic rings. The van der Waals surface area contributed by atoms with Crippen LogP contribution in [0.1, 0.15) is 114 Å². The van der Waals surface area contributed by atoms with E-state index in [-0.39, 0.29) is 0 Å². The molecule has 0 atom stereocenters. The Kier molecular flexibility index (Phi) is 13.2. The van der Waals surface area contributed by atoms with Gasteiger partial charge in [-0.1, -0.05) is 87.6 Å². The zero-order chi connectivity index (χ0) is 25.4. The van der Waals surface area contributed by atoms with Gasteiger partial charge in [-0.05, 0) is 107 Å². The number of unbranched alkanes of at least 4 members (excludes halogenated alkanes) is 8. The van der Waals surface area contributed by atoms with Gasteiger partial charge in [0.15, 0.2) is 0 Å². The number of hydrogen-bond acceptors (Lipinski definition) is 1. The number of aromatic nitrogens is 1. The van der Waals surface area contributed by atoms with E-state index in [9.17, 15) is 0 Å². The van der Waals surface area contributed by atoms with Crippen LogP contribution in [-0.4, -0.2) is 30.0 Å². The third kappa shape index (κ3) is 9.77. The van der Waals surface area contributed by atoms with Crippen LogP contribution in [0.5, 0.6) is 0 Å². The molecule has 2 nitrogen and oxygen atoms in total. The van der Waals surface area contributed by atoms with Gasteiger partial charge >= 0.3 is 0 Å². The molecule has 2 aromatic rings. The highest BCUT2D eigenvalue weighted by Crippen LogP contribution is 2.35. The number of nitrogens with zero attached hydrogens (tertiary/aromatic N) is 1. The zero-order valence-electron chi connectivity index (χ0n) is 23.4. The summed E-state index contributed by atoms with van der Waals surface area (Å²) in [7, 11) is 2.24. The highest BCUT2D eigenvalue weighted by molar-refractivity contribution is 5.87. The summed E-state index contributed by atoms with van der Waals surface area (Å²) in [4.78, 5) is 6.02. The summed E-state index contributed by atoms with van der Waals surface area (Å²) >= 11 is 0. The number of hydrogen-bond donors (Lipinski definition) is 1. The van der Waals surface area contributed by atoms with Gasteiger partial charge in [-0.25, -0.2) is 0 Å². The van der Waals surface area contributed by atoms with Gasteiger partial charge in [0.1, 0.15) is 0 Å². The summed E-state index contributed by atoms with van der Waals surface area (Å²) in [5.41, 5.74) is 5.70. The lowest BCUT2D eigenvalue weighted by atomic mass is 9.87. The van der Waals surface area contributed by atoms with Gasteiger partial charge in [-0.2, -0.15) is 0 Å². The Morgan fingerprint density at radius 2 is 1.64 bits per heavy atom. The first-order valence-electron chi connectivity index (χ1n) is 14.9. The Balaban J connectivity index is 1.30. The smallest absolute Gasteiger partial charge is 0.0459 e. The fourth-order valence-corrected chi connectivity index (χ4v) is 5.62. The van der Waals surface area contributed by atoms with Crippen molar-refractivity contribution >= 4 is 10.9 Å². The molecule has 3 rings (SSSR count). The van der Waals surface area contributed by atoms with Gasteiger partial charge in [0.2, 0.25) is 0 Å². The van der Waals surface area contributed by atoms with Crippen LogP contribution in [0.4, 0.5) is 0 Å². The largest absolute Gasteiger partial charge is 0.361 e. The molecule has 0 saturated carbocycles. The van der Waals surface area contributed by atoms with E-state index in [2.05, 4.69) is 79.1 Å². The number of aromatic amines is 1. The first kappa shape index (κ1) is 28.5. The minimum atomic E-state index is 0.686. The number of piperidine rings is 1. The molecule has 1 aromatic heterocycles. The third-order valence-electron chi connectivity index (χ3n) is 7.90. The summed E-state index contributed by atoms with van der Waals surface area (Å²) in [6, 6.07) is 6.77. The fourth-order valence-electron chi connectivity index (χ4n) is 5.62. The van der Waals surface area contributed by atoms with Gasteiger partial charge in [0.05, 0.1) is 0 Å².